The summed E-state index contributed by atoms with van der Waals surface area (Å²) in [6.07, 6.45) is -3.57. The molecule has 12 heteroatoms. The van der Waals surface area contributed by atoms with Crippen LogP contribution in [-0.4, -0.2) is 46.9 Å². The van der Waals surface area contributed by atoms with Crippen molar-refractivity contribution < 1.29 is 27.4 Å². The van der Waals surface area contributed by atoms with Crippen molar-refractivity contribution in [1.82, 2.24) is 20.2 Å². The molecule has 1 N–H and O–H groups in total. The lowest BCUT2D eigenvalue weighted by molar-refractivity contribution is -0.137. The molecule has 0 unspecified atom stereocenters. The van der Waals surface area contributed by atoms with Crippen LogP contribution in [-0.2, 0) is 11.0 Å². The zero-order valence-corrected chi connectivity index (χ0v) is 21.1. The van der Waals surface area contributed by atoms with Crippen molar-refractivity contribution in [3.8, 4) is 28.6 Å². The Bertz CT molecular complexity index is 1420. The zero-order valence-electron chi connectivity index (χ0n) is 20.3. The van der Waals surface area contributed by atoms with E-state index in [1.54, 1.807) is 43.1 Å². The molecule has 3 aromatic carbocycles. The van der Waals surface area contributed by atoms with Crippen LogP contribution in [0.15, 0.2) is 83.1 Å². The first-order valence-electron chi connectivity index (χ1n) is 11.2. The Labute approximate surface area is 220 Å². The molecule has 1 aromatic heterocycles. The minimum atomic E-state index is -4.53. The summed E-state index contributed by atoms with van der Waals surface area (Å²) in [7, 11) is 3.15. The van der Waals surface area contributed by atoms with Crippen molar-refractivity contribution in [2.75, 3.05) is 20.0 Å². The molecule has 1 heterocycles. The standard InChI is InChI=1S/C26H22F3N5O3S/c1-36-20-11-7-17(8-12-20)24-32-33-25(34(24)19-9-13-21(37-2)14-10-19)38-16-23(35)31-30-15-18-5-3-4-6-22(18)26(27,28)29/h3-15H,16H2,1-2H3,(H,31,35)/b30-15-. The predicted molar refractivity (Wildman–Crippen MR) is 138 cm³/mol. The number of hydrazone groups is 1. The number of thioether (sulfide) groups is 1. The average molecular weight is 542 g/mol. The van der Waals surface area contributed by atoms with Gasteiger partial charge in [-0.05, 0) is 54.6 Å². The summed E-state index contributed by atoms with van der Waals surface area (Å²) < 4.78 is 51.7. The third kappa shape index (κ3) is 6.32. The van der Waals surface area contributed by atoms with Gasteiger partial charge in [-0.3, -0.25) is 9.36 Å². The summed E-state index contributed by atoms with van der Waals surface area (Å²) in [6, 6.07) is 19.5. The number of halogens is 3. The predicted octanol–water partition coefficient (Wildman–Crippen LogP) is 5.21. The summed E-state index contributed by atoms with van der Waals surface area (Å²) in [5.41, 5.74) is 2.78. The molecule has 0 saturated heterocycles. The quantitative estimate of drug-likeness (QED) is 0.178. The number of nitrogens with zero attached hydrogens (tertiary/aromatic N) is 4. The first kappa shape index (κ1) is 26.7. The van der Waals surface area contributed by atoms with Crippen LogP contribution in [0.25, 0.3) is 17.1 Å². The molecule has 0 aliphatic rings. The van der Waals surface area contributed by atoms with E-state index in [1.165, 1.54) is 18.2 Å². The third-order valence-electron chi connectivity index (χ3n) is 5.30. The van der Waals surface area contributed by atoms with E-state index in [4.69, 9.17) is 9.47 Å². The monoisotopic (exact) mass is 541 g/mol. The van der Waals surface area contributed by atoms with Crippen LogP contribution in [0.4, 0.5) is 13.2 Å². The van der Waals surface area contributed by atoms with Crippen molar-refractivity contribution in [2.45, 2.75) is 11.3 Å². The number of aromatic nitrogens is 3. The summed E-state index contributed by atoms with van der Waals surface area (Å²) >= 11 is 1.10. The lowest BCUT2D eigenvalue weighted by Crippen LogP contribution is -2.20. The Morgan fingerprint density at radius 1 is 0.974 bits per heavy atom. The Balaban J connectivity index is 1.52. The molecule has 4 rings (SSSR count). The van der Waals surface area contributed by atoms with Crippen LogP contribution < -0.4 is 14.9 Å². The van der Waals surface area contributed by atoms with Crippen molar-refractivity contribution >= 4 is 23.9 Å². The van der Waals surface area contributed by atoms with Gasteiger partial charge in [0.1, 0.15) is 11.5 Å². The summed E-state index contributed by atoms with van der Waals surface area (Å²) in [5, 5.41) is 12.7. The first-order chi connectivity index (χ1) is 18.3. The number of methoxy groups -OCH3 is 2. The minimum absolute atomic E-state index is 0.102. The van der Waals surface area contributed by atoms with Crippen molar-refractivity contribution in [1.29, 1.82) is 0 Å². The number of hydrogen-bond donors (Lipinski definition) is 1. The van der Waals surface area contributed by atoms with Crippen LogP contribution in [0, 0.1) is 0 Å². The van der Waals surface area contributed by atoms with Gasteiger partial charge in [0.2, 0.25) is 0 Å². The Morgan fingerprint density at radius 3 is 2.24 bits per heavy atom. The fourth-order valence-corrected chi connectivity index (χ4v) is 4.20. The van der Waals surface area contributed by atoms with Gasteiger partial charge in [-0.2, -0.15) is 18.3 Å². The topological polar surface area (TPSA) is 90.6 Å². The fourth-order valence-electron chi connectivity index (χ4n) is 3.46. The molecule has 1 amide bonds. The van der Waals surface area contributed by atoms with Crippen molar-refractivity contribution in [3.05, 3.63) is 83.9 Å². The highest BCUT2D eigenvalue weighted by molar-refractivity contribution is 7.99. The second-order valence-electron chi connectivity index (χ2n) is 7.73. The normalized spacial score (nSPS) is 11.5. The van der Waals surface area contributed by atoms with Gasteiger partial charge in [-0.15, -0.1) is 10.2 Å². The van der Waals surface area contributed by atoms with Crippen LogP contribution in [0.5, 0.6) is 11.5 Å². The molecule has 0 radical (unpaired) electrons. The molecule has 4 aromatic rings. The highest BCUT2D eigenvalue weighted by Crippen LogP contribution is 2.31. The second kappa shape index (κ2) is 11.8. The molecule has 38 heavy (non-hydrogen) atoms. The van der Waals surface area contributed by atoms with Gasteiger partial charge in [-0.1, -0.05) is 30.0 Å². The van der Waals surface area contributed by atoms with Crippen LogP contribution in [0.2, 0.25) is 0 Å². The van der Waals surface area contributed by atoms with Gasteiger partial charge in [-0.25, -0.2) is 5.43 Å². The number of carbonyl (C=O) groups excluding carboxylic acids is 1. The van der Waals surface area contributed by atoms with Crippen molar-refractivity contribution in [2.24, 2.45) is 5.10 Å². The lowest BCUT2D eigenvalue weighted by Gasteiger charge is -2.11. The SMILES string of the molecule is COc1ccc(-c2nnc(SCC(=O)N/N=C\c3ccccc3C(F)(F)F)n2-c2ccc(OC)cc2)cc1. The molecule has 0 saturated carbocycles. The van der Waals surface area contributed by atoms with Gasteiger partial charge in [0.25, 0.3) is 5.91 Å². The van der Waals surface area contributed by atoms with Gasteiger partial charge >= 0.3 is 6.18 Å². The van der Waals surface area contributed by atoms with E-state index in [0.717, 1.165) is 35.3 Å². The molecule has 0 fully saturated rings. The Hall–Kier alpha value is -4.32. The van der Waals surface area contributed by atoms with Crippen LogP contribution in [0.3, 0.4) is 0 Å². The smallest absolute Gasteiger partial charge is 0.417 e. The minimum Gasteiger partial charge on any atom is -0.497 e. The van der Waals surface area contributed by atoms with Crippen LogP contribution >= 0.6 is 11.8 Å². The summed E-state index contributed by atoms with van der Waals surface area (Å²) in [4.78, 5) is 12.4. The molecular weight excluding hydrogens is 519 g/mol. The highest BCUT2D eigenvalue weighted by Gasteiger charge is 2.32. The second-order valence-corrected chi connectivity index (χ2v) is 8.68. The number of alkyl halides is 3. The molecule has 8 nitrogen and oxygen atoms in total. The molecular formula is C26H22F3N5O3S. The molecule has 0 atom stereocenters. The van der Waals surface area contributed by atoms with Gasteiger partial charge in [0.05, 0.1) is 31.8 Å². The maximum absolute atomic E-state index is 13.1. The summed E-state index contributed by atoms with van der Waals surface area (Å²) in [5.74, 6) is 1.28. The maximum atomic E-state index is 13.1. The Kier molecular flexibility index (Phi) is 8.31. The van der Waals surface area contributed by atoms with E-state index in [9.17, 15) is 18.0 Å². The molecule has 0 bridgehead atoms. The zero-order chi connectivity index (χ0) is 27.1. The molecule has 196 valence electrons. The number of rotatable bonds is 9. The third-order valence-corrected chi connectivity index (χ3v) is 6.23. The number of ether oxygens (including phenoxy) is 2. The molecule has 0 aliphatic carbocycles. The molecule has 0 spiro atoms. The maximum Gasteiger partial charge on any atom is 0.417 e. The van der Waals surface area contributed by atoms with Crippen molar-refractivity contribution in [3.63, 3.8) is 0 Å². The van der Waals surface area contributed by atoms with Gasteiger partial charge in [0.15, 0.2) is 11.0 Å². The summed E-state index contributed by atoms with van der Waals surface area (Å²) in [6.45, 7) is 0. The van der Waals surface area contributed by atoms with E-state index in [-0.39, 0.29) is 11.3 Å². The molecule has 0 aliphatic heterocycles. The average Bonchev–Trinajstić information content (AvgIpc) is 3.35. The van der Waals surface area contributed by atoms with Crippen LogP contribution in [0.1, 0.15) is 11.1 Å². The Morgan fingerprint density at radius 2 is 1.61 bits per heavy atom. The van der Waals surface area contributed by atoms with E-state index in [1.807, 2.05) is 24.3 Å². The first-order valence-corrected chi connectivity index (χ1v) is 12.1. The lowest BCUT2D eigenvalue weighted by atomic mass is 10.1. The number of benzene rings is 3. The van der Waals surface area contributed by atoms with Gasteiger partial charge in [0, 0.05) is 16.8 Å². The largest absolute Gasteiger partial charge is 0.497 e. The van der Waals surface area contributed by atoms with E-state index >= 15 is 0 Å². The number of amides is 1. The highest BCUT2D eigenvalue weighted by atomic mass is 32.2. The fraction of sp³-hybridized carbons (Fsp3) is 0.154. The van der Waals surface area contributed by atoms with E-state index in [0.29, 0.717) is 22.5 Å². The number of nitrogens with one attached hydrogen (secondary N) is 1. The van der Waals surface area contributed by atoms with Gasteiger partial charge < -0.3 is 9.47 Å². The number of hydrogen-bond acceptors (Lipinski definition) is 7. The number of carbonyl (C=O) groups is 1. The van der Waals surface area contributed by atoms with E-state index in [2.05, 4.69) is 20.7 Å². The van der Waals surface area contributed by atoms with E-state index < -0.39 is 17.6 Å².